The van der Waals surface area contributed by atoms with E-state index in [1.807, 2.05) is 18.2 Å². The molecule has 0 saturated carbocycles. The number of carbonyl (C=O) groups is 1. The lowest BCUT2D eigenvalue weighted by Gasteiger charge is -2.41. The first-order valence-corrected chi connectivity index (χ1v) is 7.23. The van der Waals surface area contributed by atoms with Crippen molar-refractivity contribution in [1.82, 2.24) is 0 Å². The fourth-order valence-corrected chi connectivity index (χ4v) is 3.85. The minimum Gasteiger partial charge on any atom is -0.481 e. The van der Waals surface area contributed by atoms with Crippen LogP contribution in [0.5, 0.6) is 0 Å². The van der Waals surface area contributed by atoms with Crippen LogP contribution in [-0.2, 0) is 16.6 Å². The van der Waals surface area contributed by atoms with E-state index in [-0.39, 0.29) is 5.92 Å². The highest BCUT2D eigenvalue weighted by molar-refractivity contribution is 5.83. The van der Waals surface area contributed by atoms with Crippen LogP contribution in [0.4, 0.5) is 0 Å². The predicted octanol–water partition coefficient (Wildman–Crippen LogP) is 3.70. The van der Waals surface area contributed by atoms with Gasteiger partial charge in [-0.25, -0.2) is 0 Å². The molecule has 100 valence electrons. The summed E-state index contributed by atoms with van der Waals surface area (Å²) < 4.78 is 0. The van der Waals surface area contributed by atoms with Crippen LogP contribution < -0.4 is 0 Å². The van der Waals surface area contributed by atoms with E-state index < -0.39 is 11.4 Å². The van der Waals surface area contributed by atoms with Gasteiger partial charge in [0.05, 0.1) is 5.41 Å². The Morgan fingerprint density at radius 2 is 2.11 bits per heavy atom. The monoisotopic (exact) mass is 256 g/mol. The molecule has 2 heteroatoms. The van der Waals surface area contributed by atoms with Gasteiger partial charge in [-0.3, -0.25) is 4.79 Å². The van der Waals surface area contributed by atoms with Crippen molar-refractivity contribution in [3.63, 3.8) is 0 Å². The fourth-order valence-electron chi connectivity index (χ4n) is 3.85. The third-order valence-corrected chi connectivity index (χ3v) is 4.78. The smallest absolute Gasteiger partial charge is 0.314 e. The van der Waals surface area contributed by atoms with Crippen LogP contribution in [0.1, 0.15) is 43.2 Å². The molecule has 2 atom stereocenters. The zero-order chi connectivity index (χ0) is 13.3. The Balaban J connectivity index is 2.14. The van der Waals surface area contributed by atoms with Crippen LogP contribution in [-0.4, -0.2) is 11.1 Å². The zero-order valence-corrected chi connectivity index (χ0v) is 11.1. The Morgan fingerprint density at radius 3 is 2.84 bits per heavy atom. The first-order chi connectivity index (χ1) is 9.25. The molecule has 2 aliphatic rings. The summed E-state index contributed by atoms with van der Waals surface area (Å²) in [6.07, 6.45) is 10.3. The maximum absolute atomic E-state index is 12.1. The third-order valence-electron chi connectivity index (χ3n) is 4.78. The molecule has 0 saturated heterocycles. The summed E-state index contributed by atoms with van der Waals surface area (Å²) in [5.41, 5.74) is 1.60. The normalized spacial score (nSPS) is 29.8. The molecule has 0 spiro atoms. The molecule has 3 rings (SSSR count). The number of aryl methyl sites for hydroxylation is 1. The van der Waals surface area contributed by atoms with Crippen molar-refractivity contribution in [2.24, 2.45) is 5.92 Å². The molecule has 2 unspecified atom stereocenters. The average Bonchev–Trinajstić information content (AvgIpc) is 2.47. The molecule has 1 aromatic rings. The van der Waals surface area contributed by atoms with Crippen molar-refractivity contribution in [3.8, 4) is 0 Å². The molecule has 0 bridgehead atoms. The maximum atomic E-state index is 12.1. The van der Waals surface area contributed by atoms with E-state index in [4.69, 9.17) is 0 Å². The highest BCUT2D eigenvalue weighted by Crippen LogP contribution is 2.46. The minimum atomic E-state index is -0.689. The Labute approximate surface area is 114 Å². The van der Waals surface area contributed by atoms with E-state index in [0.29, 0.717) is 0 Å². The van der Waals surface area contributed by atoms with Gasteiger partial charge >= 0.3 is 5.97 Å². The topological polar surface area (TPSA) is 37.3 Å². The lowest BCUT2D eigenvalue weighted by Crippen LogP contribution is -2.45. The van der Waals surface area contributed by atoms with Gasteiger partial charge in [0.25, 0.3) is 0 Å². The first kappa shape index (κ1) is 12.5. The van der Waals surface area contributed by atoms with Crippen molar-refractivity contribution in [2.45, 2.75) is 43.9 Å². The lowest BCUT2D eigenvalue weighted by molar-refractivity contribution is -0.146. The van der Waals surface area contributed by atoms with E-state index in [0.717, 1.165) is 44.1 Å². The number of hydrogen-bond donors (Lipinski definition) is 1. The van der Waals surface area contributed by atoms with E-state index >= 15 is 0 Å². The van der Waals surface area contributed by atoms with E-state index in [9.17, 15) is 9.90 Å². The van der Waals surface area contributed by atoms with E-state index in [2.05, 4.69) is 18.2 Å². The minimum absolute atomic E-state index is 0.153. The highest BCUT2D eigenvalue weighted by atomic mass is 16.4. The van der Waals surface area contributed by atoms with Crippen LogP contribution in [0, 0.1) is 5.92 Å². The van der Waals surface area contributed by atoms with Crippen molar-refractivity contribution in [1.29, 1.82) is 0 Å². The number of allylic oxidation sites excluding steroid dienone is 2. The van der Waals surface area contributed by atoms with Crippen LogP contribution in [0.25, 0.3) is 0 Å². The maximum Gasteiger partial charge on any atom is 0.314 e. The number of hydrogen-bond acceptors (Lipinski definition) is 1. The summed E-state index contributed by atoms with van der Waals surface area (Å²) in [5.74, 6) is -0.489. The number of carboxylic acid groups (broad SMARTS) is 1. The second-order valence-corrected chi connectivity index (χ2v) is 5.75. The quantitative estimate of drug-likeness (QED) is 0.819. The van der Waals surface area contributed by atoms with Crippen molar-refractivity contribution >= 4 is 5.97 Å². The van der Waals surface area contributed by atoms with Gasteiger partial charge < -0.3 is 5.11 Å². The van der Waals surface area contributed by atoms with Gasteiger partial charge in [-0.05, 0) is 55.6 Å². The molecule has 0 aromatic heterocycles. The molecule has 0 fully saturated rings. The molecule has 0 amide bonds. The van der Waals surface area contributed by atoms with Gasteiger partial charge in [0, 0.05) is 0 Å². The predicted molar refractivity (Wildman–Crippen MR) is 75.2 cm³/mol. The number of benzene rings is 1. The van der Waals surface area contributed by atoms with Crippen LogP contribution >= 0.6 is 0 Å². The van der Waals surface area contributed by atoms with Gasteiger partial charge in [0.1, 0.15) is 0 Å². The standard InChI is InChI=1S/C17H20O2/c18-16(19)17(14-9-2-1-3-10-14)12-6-8-13-7-4-5-11-15(13)17/h2,4-5,7,9,11,14H,1,3,6,8,10,12H2,(H,18,19). The summed E-state index contributed by atoms with van der Waals surface area (Å²) in [5, 5.41) is 9.95. The van der Waals surface area contributed by atoms with Crippen LogP contribution in [0.15, 0.2) is 36.4 Å². The van der Waals surface area contributed by atoms with E-state index in [1.165, 1.54) is 5.56 Å². The highest BCUT2D eigenvalue weighted by Gasteiger charge is 2.48. The van der Waals surface area contributed by atoms with Gasteiger partial charge in [-0.15, -0.1) is 0 Å². The van der Waals surface area contributed by atoms with Crippen molar-refractivity contribution in [2.75, 3.05) is 0 Å². The fraction of sp³-hybridized carbons (Fsp3) is 0.471. The van der Waals surface area contributed by atoms with Crippen molar-refractivity contribution in [3.05, 3.63) is 47.5 Å². The van der Waals surface area contributed by atoms with Crippen molar-refractivity contribution < 1.29 is 9.90 Å². The number of rotatable bonds is 2. The molecule has 0 radical (unpaired) electrons. The molecule has 2 aliphatic carbocycles. The molecule has 1 aromatic carbocycles. The summed E-state index contributed by atoms with van der Waals surface area (Å²) in [6, 6.07) is 8.13. The summed E-state index contributed by atoms with van der Waals surface area (Å²) in [4.78, 5) is 12.1. The number of fused-ring (bicyclic) bond motifs is 1. The van der Waals surface area contributed by atoms with Gasteiger partial charge in [0.2, 0.25) is 0 Å². The Kier molecular flexibility index (Phi) is 3.17. The molecular formula is C17H20O2. The summed E-state index contributed by atoms with van der Waals surface area (Å²) in [6.45, 7) is 0. The van der Waals surface area contributed by atoms with Gasteiger partial charge in [-0.2, -0.15) is 0 Å². The van der Waals surface area contributed by atoms with E-state index in [1.54, 1.807) is 0 Å². The van der Waals surface area contributed by atoms with Crippen LogP contribution in [0.2, 0.25) is 0 Å². The van der Waals surface area contributed by atoms with Gasteiger partial charge in [0.15, 0.2) is 0 Å². The largest absolute Gasteiger partial charge is 0.481 e. The number of aliphatic carboxylic acids is 1. The average molecular weight is 256 g/mol. The third kappa shape index (κ3) is 1.90. The summed E-state index contributed by atoms with van der Waals surface area (Å²) in [7, 11) is 0. The second kappa shape index (κ2) is 4.84. The SMILES string of the molecule is O=C(O)C1(C2C=CCCC2)CCCc2ccccc21. The Bertz CT molecular complexity index is 518. The Hall–Kier alpha value is -1.57. The summed E-state index contributed by atoms with van der Waals surface area (Å²) >= 11 is 0. The first-order valence-electron chi connectivity index (χ1n) is 7.23. The molecule has 1 N–H and O–H groups in total. The number of carboxylic acids is 1. The molecule has 0 heterocycles. The second-order valence-electron chi connectivity index (χ2n) is 5.75. The van der Waals surface area contributed by atoms with Gasteiger partial charge in [-0.1, -0.05) is 36.4 Å². The lowest BCUT2D eigenvalue weighted by atomic mass is 9.61. The Morgan fingerprint density at radius 1 is 1.26 bits per heavy atom. The molecular weight excluding hydrogens is 236 g/mol. The molecule has 19 heavy (non-hydrogen) atoms. The molecule has 0 aliphatic heterocycles. The molecule has 2 nitrogen and oxygen atoms in total. The van der Waals surface area contributed by atoms with Crippen LogP contribution in [0.3, 0.4) is 0 Å². The zero-order valence-electron chi connectivity index (χ0n) is 11.1.